The van der Waals surface area contributed by atoms with Crippen LogP contribution in [0.3, 0.4) is 0 Å². The van der Waals surface area contributed by atoms with Crippen molar-refractivity contribution in [3.8, 4) is 5.75 Å². The maximum atomic E-state index is 12.4. The summed E-state index contributed by atoms with van der Waals surface area (Å²) < 4.78 is 33.0. The van der Waals surface area contributed by atoms with E-state index in [1.54, 1.807) is 19.1 Å². The van der Waals surface area contributed by atoms with Crippen molar-refractivity contribution in [2.24, 2.45) is 0 Å². The molecule has 0 fully saturated rings. The first-order chi connectivity index (χ1) is 11.9. The number of rotatable bonds is 9. The second-order valence-electron chi connectivity index (χ2n) is 5.82. The van der Waals surface area contributed by atoms with E-state index >= 15 is 0 Å². The number of unbranched alkanes of at least 4 members (excludes halogenated alkanes) is 1. The van der Waals surface area contributed by atoms with Gasteiger partial charge >= 0.3 is 0 Å². The van der Waals surface area contributed by atoms with Crippen LogP contribution in [0, 0.1) is 5.41 Å². The number of benzene rings is 2. The third kappa shape index (κ3) is 5.69. The van der Waals surface area contributed by atoms with Gasteiger partial charge in [0.15, 0.2) is 0 Å². The number of sulfonamides is 1. The molecule has 0 saturated heterocycles. The van der Waals surface area contributed by atoms with Crippen molar-refractivity contribution in [2.75, 3.05) is 6.61 Å². The predicted molar refractivity (Wildman–Crippen MR) is 99.8 cm³/mol. The van der Waals surface area contributed by atoms with E-state index in [1.165, 1.54) is 12.1 Å². The fraction of sp³-hybridized carbons (Fsp3) is 0.316. The van der Waals surface area contributed by atoms with Gasteiger partial charge in [0.1, 0.15) is 5.75 Å². The average Bonchev–Trinajstić information content (AvgIpc) is 2.61. The molecule has 0 bridgehead atoms. The van der Waals surface area contributed by atoms with Crippen molar-refractivity contribution in [3.63, 3.8) is 0 Å². The molecule has 0 spiro atoms. The fourth-order valence-electron chi connectivity index (χ4n) is 2.20. The fourth-order valence-corrected chi connectivity index (χ4v) is 3.26. The Morgan fingerprint density at radius 3 is 2.52 bits per heavy atom. The van der Waals surface area contributed by atoms with Crippen molar-refractivity contribution in [1.82, 2.24) is 4.72 Å². The van der Waals surface area contributed by atoms with E-state index < -0.39 is 10.0 Å². The van der Waals surface area contributed by atoms with Crippen LogP contribution in [0.1, 0.15) is 37.8 Å². The molecule has 5 nitrogen and oxygen atoms in total. The molecular formula is C19H24N2O3S. The smallest absolute Gasteiger partial charge is 0.240 e. The molecule has 0 heterocycles. The minimum Gasteiger partial charge on any atom is -0.494 e. The van der Waals surface area contributed by atoms with Gasteiger partial charge < -0.3 is 10.1 Å². The van der Waals surface area contributed by atoms with E-state index in [1.807, 2.05) is 24.3 Å². The van der Waals surface area contributed by atoms with Crippen LogP contribution in [-0.2, 0) is 16.6 Å². The van der Waals surface area contributed by atoms with Gasteiger partial charge in [-0.15, -0.1) is 0 Å². The molecule has 2 N–H and O–H groups in total. The first-order valence-electron chi connectivity index (χ1n) is 8.29. The quantitative estimate of drug-likeness (QED) is 0.528. The first-order valence-corrected chi connectivity index (χ1v) is 9.77. The zero-order chi connectivity index (χ0) is 18.3. The summed E-state index contributed by atoms with van der Waals surface area (Å²) in [5, 5.41) is 7.63. The van der Waals surface area contributed by atoms with Gasteiger partial charge in [-0.1, -0.05) is 37.6 Å². The Morgan fingerprint density at radius 1 is 1.16 bits per heavy atom. The molecular weight excluding hydrogens is 336 g/mol. The lowest BCUT2D eigenvalue weighted by molar-refractivity contribution is 0.309. The Balaban J connectivity index is 2.00. The second kappa shape index (κ2) is 8.78. The van der Waals surface area contributed by atoms with Crippen molar-refractivity contribution in [3.05, 3.63) is 59.7 Å². The highest BCUT2D eigenvalue weighted by molar-refractivity contribution is 7.89. The molecule has 0 atom stereocenters. The highest BCUT2D eigenvalue weighted by Gasteiger charge is 2.14. The van der Waals surface area contributed by atoms with E-state index in [-0.39, 0.29) is 11.4 Å². The van der Waals surface area contributed by atoms with Gasteiger partial charge in [0.2, 0.25) is 10.0 Å². The summed E-state index contributed by atoms with van der Waals surface area (Å²) in [6.45, 7) is 4.62. The number of nitrogens with one attached hydrogen (secondary N) is 2. The zero-order valence-electron chi connectivity index (χ0n) is 14.6. The van der Waals surface area contributed by atoms with Crippen molar-refractivity contribution in [1.29, 1.82) is 5.41 Å². The van der Waals surface area contributed by atoms with Gasteiger partial charge in [-0.25, -0.2) is 13.1 Å². The second-order valence-corrected chi connectivity index (χ2v) is 7.59. The minimum atomic E-state index is -3.62. The van der Waals surface area contributed by atoms with Crippen LogP contribution < -0.4 is 9.46 Å². The molecule has 134 valence electrons. The van der Waals surface area contributed by atoms with Gasteiger partial charge in [-0.3, -0.25) is 0 Å². The molecule has 0 amide bonds. The highest BCUT2D eigenvalue weighted by Crippen LogP contribution is 2.15. The molecule has 2 aromatic carbocycles. The van der Waals surface area contributed by atoms with Crippen LogP contribution in [0.5, 0.6) is 5.75 Å². The summed E-state index contributed by atoms with van der Waals surface area (Å²) >= 11 is 0. The van der Waals surface area contributed by atoms with Gasteiger partial charge in [0, 0.05) is 12.3 Å². The van der Waals surface area contributed by atoms with Crippen LogP contribution in [0.25, 0.3) is 0 Å². The highest BCUT2D eigenvalue weighted by atomic mass is 32.2. The molecule has 6 heteroatoms. The standard InChI is InChI=1S/C19H24N2O3S/c1-3-4-12-24-18-10-8-16(9-11-18)14-21-25(22,23)19-7-5-6-17(13-19)15(2)20/h5-11,13,20-21H,3-4,12,14H2,1-2H3. The molecule has 0 aliphatic heterocycles. The van der Waals surface area contributed by atoms with Crippen LogP contribution in [-0.4, -0.2) is 20.7 Å². The third-order valence-electron chi connectivity index (χ3n) is 3.73. The van der Waals surface area contributed by atoms with E-state index in [0.717, 1.165) is 24.2 Å². The minimum absolute atomic E-state index is 0.163. The normalized spacial score (nSPS) is 11.3. The number of hydrogen-bond acceptors (Lipinski definition) is 4. The van der Waals surface area contributed by atoms with Gasteiger partial charge in [-0.2, -0.15) is 0 Å². The molecule has 0 aliphatic carbocycles. The van der Waals surface area contributed by atoms with Crippen molar-refractivity contribution >= 4 is 15.7 Å². The van der Waals surface area contributed by atoms with E-state index in [0.29, 0.717) is 17.9 Å². The Labute approximate surface area is 149 Å². The summed E-state index contributed by atoms with van der Waals surface area (Å²) in [6.07, 6.45) is 2.09. The molecule has 0 saturated carbocycles. The lowest BCUT2D eigenvalue weighted by Crippen LogP contribution is -2.23. The maximum absolute atomic E-state index is 12.4. The lowest BCUT2D eigenvalue weighted by Gasteiger charge is -2.09. The zero-order valence-corrected chi connectivity index (χ0v) is 15.4. The Hall–Kier alpha value is -2.18. The van der Waals surface area contributed by atoms with E-state index in [4.69, 9.17) is 10.1 Å². The summed E-state index contributed by atoms with van der Waals surface area (Å²) in [4.78, 5) is 0.163. The Bertz CT molecular complexity index is 815. The summed E-state index contributed by atoms with van der Waals surface area (Å²) in [5.41, 5.74) is 1.78. The topological polar surface area (TPSA) is 79.2 Å². The molecule has 2 aromatic rings. The number of ether oxygens (including phenoxy) is 1. The average molecular weight is 360 g/mol. The Kier molecular flexibility index (Phi) is 6.73. The number of hydrogen-bond donors (Lipinski definition) is 2. The van der Waals surface area contributed by atoms with Crippen LogP contribution in [0.2, 0.25) is 0 Å². The van der Waals surface area contributed by atoms with Gasteiger partial charge in [-0.05, 0) is 48.7 Å². The summed E-state index contributed by atoms with van der Waals surface area (Å²) in [5.74, 6) is 0.786. The molecule has 0 aromatic heterocycles. The maximum Gasteiger partial charge on any atom is 0.240 e. The monoisotopic (exact) mass is 360 g/mol. The first kappa shape index (κ1) is 19.1. The van der Waals surface area contributed by atoms with Crippen molar-refractivity contribution < 1.29 is 13.2 Å². The Morgan fingerprint density at radius 2 is 1.88 bits per heavy atom. The van der Waals surface area contributed by atoms with Crippen molar-refractivity contribution in [2.45, 2.75) is 38.1 Å². The predicted octanol–water partition coefficient (Wildman–Crippen LogP) is 3.73. The molecule has 0 aliphatic rings. The molecule has 0 radical (unpaired) electrons. The van der Waals surface area contributed by atoms with Crippen LogP contribution in [0.4, 0.5) is 0 Å². The SMILES string of the molecule is CCCCOc1ccc(CNS(=O)(=O)c2cccc(C(C)=N)c2)cc1. The van der Waals surface area contributed by atoms with Gasteiger partial charge in [0.25, 0.3) is 0 Å². The third-order valence-corrected chi connectivity index (χ3v) is 5.13. The van der Waals surface area contributed by atoms with Gasteiger partial charge in [0.05, 0.1) is 11.5 Å². The molecule has 25 heavy (non-hydrogen) atoms. The van der Waals surface area contributed by atoms with E-state index in [2.05, 4.69) is 11.6 Å². The van der Waals surface area contributed by atoms with E-state index in [9.17, 15) is 8.42 Å². The summed E-state index contributed by atoms with van der Waals surface area (Å²) in [6, 6.07) is 13.8. The largest absolute Gasteiger partial charge is 0.494 e. The van der Waals surface area contributed by atoms with Crippen LogP contribution >= 0.6 is 0 Å². The summed E-state index contributed by atoms with van der Waals surface area (Å²) in [7, 11) is -3.62. The molecule has 2 rings (SSSR count). The van der Waals surface area contributed by atoms with Crippen LogP contribution in [0.15, 0.2) is 53.4 Å². The molecule has 0 unspecified atom stereocenters. The lowest BCUT2D eigenvalue weighted by atomic mass is 10.1.